The second-order valence-corrected chi connectivity index (χ2v) is 2.06. The molecular formula is C5H14ClNO. The first kappa shape index (κ1) is 11.1. The number of aliphatic hydroxyl groups excluding tert-OH is 1. The van der Waals surface area contributed by atoms with Gasteiger partial charge in [-0.1, -0.05) is 0 Å². The molecule has 2 atom stereocenters. The molecule has 0 fully saturated rings. The molecule has 0 amide bonds. The number of aliphatic hydroxyl groups is 1. The first-order valence-corrected chi connectivity index (χ1v) is 2.56. The van der Waals surface area contributed by atoms with Crippen LogP contribution in [-0.2, 0) is 0 Å². The average molecular weight is 140 g/mol. The van der Waals surface area contributed by atoms with Gasteiger partial charge in [-0.25, -0.2) is 0 Å². The smallest absolute Gasteiger partial charge is 0.0526 e. The molecular weight excluding hydrogens is 126 g/mol. The van der Waals surface area contributed by atoms with Crippen molar-refractivity contribution in [3.63, 3.8) is 0 Å². The lowest BCUT2D eigenvalue weighted by Crippen LogP contribution is -2.20. The molecule has 3 heteroatoms. The number of rotatable bonds is 2. The van der Waals surface area contributed by atoms with Crippen LogP contribution in [0.15, 0.2) is 0 Å². The Kier molecular flexibility index (Phi) is 7.40. The lowest BCUT2D eigenvalue weighted by atomic mass is 10.2. The van der Waals surface area contributed by atoms with E-state index in [1.165, 1.54) is 0 Å². The normalized spacial score (nSPS) is 16.5. The average Bonchev–Trinajstić information content (AvgIpc) is 1.27. The summed E-state index contributed by atoms with van der Waals surface area (Å²) in [5.41, 5.74) is 5.33. The van der Waals surface area contributed by atoms with E-state index in [4.69, 9.17) is 10.8 Å². The van der Waals surface area contributed by atoms with Crippen molar-refractivity contribution in [1.82, 2.24) is 0 Å². The van der Waals surface area contributed by atoms with Gasteiger partial charge in [0.2, 0.25) is 0 Å². The first-order chi connectivity index (χ1) is 3.13. The first-order valence-electron chi connectivity index (χ1n) is 2.56. The maximum absolute atomic E-state index is 8.64. The Morgan fingerprint density at radius 2 is 1.88 bits per heavy atom. The predicted molar refractivity (Wildman–Crippen MR) is 37.2 cm³/mol. The van der Waals surface area contributed by atoms with Gasteiger partial charge < -0.3 is 10.8 Å². The summed E-state index contributed by atoms with van der Waals surface area (Å²) in [6.45, 7) is 3.62. The Hall–Kier alpha value is 0.210. The van der Waals surface area contributed by atoms with Crippen molar-refractivity contribution in [2.24, 2.45) is 5.73 Å². The van der Waals surface area contributed by atoms with Crippen LogP contribution in [0.3, 0.4) is 0 Å². The third-order valence-corrected chi connectivity index (χ3v) is 0.713. The van der Waals surface area contributed by atoms with E-state index in [-0.39, 0.29) is 24.6 Å². The summed E-state index contributed by atoms with van der Waals surface area (Å²) < 4.78 is 0. The minimum Gasteiger partial charge on any atom is -0.393 e. The van der Waals surface area contributed by atoms with Crippen LogP contribution in [0.1, 0.15) is 20.3 Å². The topological polar surface area (TPSA) is 46.2 Å². The van der Waals surface area contributed by atoms with Crippen molar-refractivity contribution in [1.29, 1.82) is 0 Å². The van der Waals surface area contributed by atoms with Gasteiger partial charge in [0.25, 0.3) is 0 Å². The fourth-order valence-electron chi connectivity index (χ4n) is 0.538. The third kappa shape index (κ3) is 9.51. The standard InChI is InChI=1S/C5H13NO.ClH/c1-4(6)3-5(2)7;/h4-5,7H,3,6H2,1-2H3;1H. The van der Waals surface area contributed by atoms with Crippen molar-refractivity contribution in [2.75, 3.05) is 0 Å². The summed E-state index contributed by atoms with van der Waals surface area (Å²) in [6.07, 6.45) is 0.444. The van der Waals surface area contributed by atoms with E-state index in [2.05, 4.69) is 0 Å². The highest BCUT2D eigenvalue weighted by molar-refractivity contribution is 5.85. The fourth-order valence-corrected chi connectivity index (χ4v) is 0.538. The highest BCUT2D eigenvalue weighted by atomic mass is 35.5. The van der Waals surface area contributed by atoms with Crippen molar-refractivity contribution in [2.45, 2.75) is 32.4 Å². The molecule has 0 aliphatic rings. The van der Waals surface area contributed by atoms with Crippen molar-refractivity contribution < 1.29 is 5.11 Å². The highest BCUT2D eigenvalue weighted by Crippen LogP contribution is 1.91. The van der Waals surface area contributed by atoms with Crippen LogP contribution >= 0.6 is 12.4 Å². The summed E-state index contributed by atoms with van der Waals surface area (Å²) in [5.74, 6) is 0. The second kappa shape index (κ2) is 5.35. The van der Waals surface area contributed by atoms with Crippen LogP contribution in [0.4, 0.5) is 0 Å². The van der Waals surface area contributed by atoms with E-state index >= 15 is 0 Å². The van der Waals surface area contributed by atoms with Crippen LogP contribution in [0.5, 0.6) is 0 Å². The van der Waals surface area contributed by atoms with E-state index < -0.39 is 0 Å². The van der Waals surface area contributed by atoms with Crippen LogP contribution in [0.2, 0.25) is 0 Å². The molecule has 0 aromatic heterocycles. The summed E-state index contributed by atoms with van der Waals surface area (Å²) in [5, 5.41) is 8.64. The molecule has 0 bridgehead atoms. The van der Waals surface area contributed by atoms with Crippen LogP contribution in [-0.4, -0.2) is 17.3 Å². The lowest BCUT2D eigenvalue weighted by Gasteiger charge is -2.05. The molecule has 2 unspecified atom stereocenters. The summed E-state index contributed by atoms with van der Waals surface area (Å²) in [4.78, 5) is 0. The van der Waals surface area contributed by atoms with Crippen molar-refractivity contribution in [3.05, 3.63) is 0 Å². The molecule has 0 spiro atoms. The quantitative estimate of drug-likeness (QED) is 0.586. The zero-order valence-corrected chi connectivity index (χ0v) is 6.11. The summed E-state index contributed by atoms with van der Waals surface area (Å²) >= 11 is 0. The van der Waals surface area contributed by atoms with E-state index in [1.807, 2.05) is 6.92 Å². The van der Waals surface area contributed by atoms with E-state index in [1.54, 1.807) is 6.92 Å². The van der Waals surface area contributed by atoms with Crippen molar-refractivity contribution in [3.8, 4) is 0 Å². The molecule has 52 valence electrons. The molecule has 0 rings (SSSR count). The summed E-state index contributed by atoms with van der Waals surface area (Å²) in [6, 6.07) is 0.125. The van der Waals surface area contributed by atoms with E-state index in [9.17, 15) is 0 Å². The Morgan fingerprint density at radius 1 is 1.50 bits per heavy atom. The van der Waals surface area contributed by atoms with Crippen LogP contribution in [0.25, 0.3) is 0 Å². The van der Waals surface area contributed by atoms with E-state index in [0.29, 0.717) is 6.42 Å². The second-order valence-electron chi connectivity index (χ2n) is 2.06. The van der Waals surface area contributed by atoms with Gasteiger partial charge >= 0.3 is 0 Å². The molecule has 0 saturated heterocycles. The molecule has 2 nitrogen and oxygen atoms in total. The van der Waals surface area contributed by atoms with Gasteiger partial charge in [-0.3, -0.25) is 0 Å². The molecule has 0 aliphatic heterocycles. The Balaban J connectivity index is 0. The maximum atomic E-state index is 8.64. The molecule has 8 heavy (non-hydrogen) atoms. The van der Waals surface area contributed by atoms with Gasteiger partial charge in [0.05, 0.1) is 6.10 Å². The molecule has 0 saturated carbocycles. The maximum Gasteiger partial charge on any atom is 0.0526 e. The SMILES string of the molecule is CC(N)CC(C)O.Cl. The van der Waals surface area contributed by atoms with Gasteiger partial charge in [-0.05, 0) is 20.3 Å². The largest absolute Gasteiger partial charge is 0.393 e. The molecule has 0 aromatic rings. The number of nitrogens with two attached hydrogens (primary N) is 1. The minimum absolute atomic E-state index is 0. The van der Waals surface area contributed by atoms with Gasteiger partial charge in [0, 0.05) is 6.04 Å². The van der Waals surface area contributed by atoms with Crippen LogP contribution in [0, 0.1) is 0 Å². The number of hydrogen-bond donors (Lipinski definition) is 2. The van der Waals surface area contributed by atoms with Crippen molar-refractivity contribution >= 4 is 12.4 Å². The molecule has 0 heterocycles. The van der Waals surface area contributed by atoms with Gasteiger partial charge in [-0.2, -0.15) is 0 Å². The Labute approximate surface area is 56.5 Å². The predicted octanol–water partition coefficient (Wildman–Crippen LogP) is 0.526. The molecule has 0 aromatic carbocycles. The Morgan fingerprint density at radius 3 is 1.88 bits per heavy atom. The highest BCUT2D eigenvalue weighted by Gasteiger charge is 1.97. The minimum atomic E-state index is -0.250. The Bertz CT molecular complexity index is 41.7. The van der Waals surface area contributed by atoms with E-state index in [0.717, 1.165) is 0 Å². The summed E-state index contributed by atoms with van der Waals surface area (Å²) in [7, 11) is 0. The fraction of sp³-hybridized carbons (Fsp3) is 1.00. The number of hydrogen-bond acceptors (Lipinski definition) is 2. The lowest BCUT2D eigenvalue weighted by molar-refractivity contribution is 0.177. The molecule has 0 radical (unpaired) electrons. The third-order valence-electron chi connectivity index (χ3n) is 0.713. The zero-order valence-electron chi connectivity index (χ0n) is 5.29. The number of halogens is 1. The molecule has 3 N–H and O–H groups in total. The van der Waals surface area contributed by atoms with Gasteiger partial charge in [0.15, 0.2) is 0 Å². The van der Waals surface area contributed by atoms with Crippen LogP contribution < -0.4 is 5.73 Å². The van der Waals surface area contributed by atoms with Gasteiger partial charge in [0.1, 0.15) is 0 Å². The monoisotopic (exact) mass is 139 g/mol. The molecule has 0 aliphatic carbocycles. The zero-order chi connectivity index (χ0) is 5.86. The van der Waals surface area contributed by atoms with Gasteiger partial charge in [-0.15, -0.1) is 12.4 Å².